The van der Waals surface area contributed by atoms with Crippen LogP contribution < -0.4 is 0 Å². The van der Waals surface area contributed by atoms with Crippen LogP contribution in [0.3, 0.4) is 0 Å². The van der Waals surface area contributed by atoms with Crippen molar-refractivity contribution in [1.82, 2.24) is 4.90 Å². The minimum atomic E-state index is -0.459. The van der Waals surface area contributed by atoms with Gasteiger partial charge in [0.05, 0.1) is 10.6 Å². The predicted molar refractivity (Wildman–Crippen MR) is 90.4 cm³/mol. The van der Waals surface area contributed by atoms with Crippen LogP contribution in [0.4, 0.5) is 4.79 Å². The van der Waals surface area contributed by atoms with Crippen molar-refractivity contribution in [1.29, 1.82) is 5.26 Å². The van der Waals surface area contributed by atoms with Crippen molar-refractivity contribution in [3.8, 4) is 6.07 Å². The lowest BCUT2D eigenvalue weighted by Crippen LogP contribution is -2.42. The Morgan fingerprint density at radius 2 is 2.04 bits per heavy atom. The van der Waals surface area contributed by atoms with E-state index >= 15 is 0 Å². The van der Waals surface area contributed by atoms with Gasteiger partial charge in [-0.2, -0.15) is 5.26 Å². The first-order chi connectivity index (χ1) is 10.8. The fourth-order valence-electron chi connectivity index (χ4n) is 2.78. The van der Waals surface area contributed by atoms with Gasteiger partial charge in [0.25, 0.3) is 0 Å². The molecule has 1 saturated heterocycles. The number of rotatable bonds is 2. The molecule has 0 saturated carbocycles. The first-order valence-electron chi connectivity index (χ1n) is 7.95. The molecule has 1 aromatic carbocycles. The van der Waals surface area contributed by atoms with Crippen molar-refractivity contribution in [3.63, 3.8) is 0 Å². The number of amides is 1. The zero-order chi connectivity index (χ0) is 17.0. The van der Waals surface area contributed by atoms with Gasteiger partial charge in [0.2, 0.25) is 0 Å². The molecular formula is C18H23ClN2O2. The van der Waals surface area contributed by atoms with E-state index in [-0.39, 0.29) is 6.09 Å². The summed E-state index contributed by atoms with van der Waals surface area (Å²) in [6.45, 7) is 7.04. The summed E-state index contributed by atoms with van der Waals surface area (Å²) in [6, 6.07) is 7.69. The number of nitriles is 1. The Balaban J connectivity index is 1.91. The number of nitrogens with zero attached hydrogens (tertiary/aromatic N) is 2. The van der Waals surface area contributed by atoms with Crippen molar-refractivity contribution in [3.05, 3.63) is 34.3 Å². The molecule has 0 spiro atoms. The van der Waals surface area contributed by atoms with Crippen LogP contribution in [0, 0.1) is 17.2 Å². The lowest BCUT2D eigenvalue weighted by atomic mass is 9.90. The quantitative estimate of drug-likeness (QED) is 0.805. The van der Waals surface area contributed by atoms with E-state index in [1.165, 1.54) is 0 Å². The number of benzene rings is 1. The molecule has 0 atom stereocenters. The van der Waals surface area contributed by atoms with E-state index in [9.17, 15) is 4.79 Å². The molecule has 1 heterocycles. The van der Waals surface area contributed by atoms with Crippen LogP contribution in [-0.4, -0.2) is 29.7 Å². The maximum absolute atomic E-state index is 12.1. The molecule has 124 valence electrons. The fraction of sp³-hybridized carbons (Fsp3) is 0.556. The smallest absolute Gasteiger partial charge is 0.410 e. The summed E-state index contributed by atoms with van der Waals surface area (Å²) < 4.78 is 5.41. The van der Waals surface area contributed by atoms with Crippen LogP contribution >= 0.6 is 11.6 Å². The van der Waals surface area contributed by atoms with Crippen LogP contribution in [0.15, 0.2) is 18.2 Å². The van der Waals surface area contributed by atoms with Gasteiger partial charge in [-0.05, 0) is 57.6 Å². The van der Waals surface area contributed by atoms with Gasteiger partial charge in [0, 0.05) is 13.1 Å². The molecular weight excluding hydrogens is 312 g/mol. The highest BCUT2D eigenvalue weighted by Gasteiger charge is 2.27. The van der Waals surface area contributed by atoms with Crippen LogP contribution in [-0.2, 0) is 11.2 Å². The van der Waals surface area contributed by atoms with Crippen molar-refractivity contribution in [2.75, 3.05) is 13.1 Å². The molecule has 1 aromatic rings. The van der Waals surface area contributed by atoms with Gasteiger partial charge in [-0.3, -0.25) is 0 Å². The number of halogens is 1. The third-order valence-electron chi connectivity index (χ3n) is 3.97. The van der Waals surface area contributed by atoms with E-state index in [0.717, 1.165) is 24.8 Å². The predicted octanol–water partition coefficient (Wildman–Crippen LogP) is 4.40. The molecule has 1 aliphatic heterocycles. The van der Waals surface area contributed by atoms with Crippen LogP contribution in [0.5, 0.6) is 0 Å². The van der Waals surface area contributed by atoms with E-state index in [4.69, 9.17) is 21.6 Å². The van der Waals surface area contributed by atoms with E-state index in [1.54, 1.807) is 11.0 Å². The first kappa shape index (κ1) is 17.6. The SMILES string of the molecule is CC(C)(C)OC(=O)N1CCC(Cc2cccc(C#N)c2Cl)CC1. The summed E-state index contributed by atoms with van der Waals surface area (Å²) in [7, 11) is 0. The maximum atomic E-state index is 12.1. The van der Waals surface area contributed by atoms with Gasteiger partial charge in [-0.15, -0.1) is 0 Å². The summed E-state index contributed by atoms with van der Waals surface area (Å²) in [6.07, 6.45) is 2.45. The molecule has 1 aliphatic rings. The zero-order valence-corrected chi connectivity index (χ0v) is 14.7. The minimum absolute atomic E-state index is 0.236. The number of likely N-dealkylation sites (tertiary alicyclic amines) is 1. The Kier molecular flexibility index (Phi) is 5.54. The van der Waals surface area contributed by atoms with E-state index in [0.29, 0.717) is 29.6 Å². The lowest BCUT2D eigenvalue weighted by Gasteiger charge is -2.33. The van der Waals surface area contributed by atoms with Crippen molar-refractivity contribution in [2.45, 2.75) is 45.6 Å². The Labute approximate surface area is 143 Å². The third-order valence-corrected chi connectivity index (χ3v) is 4.42. The topological polar surface area (TPSA) is 53.3 Å². The summed E-state index contributed by atoms with van der Waals surface area (Å²) in [5.41, 5.74) is 1.08. The molecule has 0 radical (unpaired) electrons. The summed E-state index contributed by atoms with van der Waals surface area (Å²) in [5, 5.41) is 9.60. The number of hydrogen-bond donors (Lipinski definition) is 0. The molecule has 5 heteroatoms. The molecule has 0 aromatic heterocycles. The summed E-state index contributed by atoms with van der Waals surface area (Å²) >= 11 is 6.27. The second-order valence-electron chi connectivity index (χ2n) is 7.01. The Morgan fingerprint density at radius 1 is 1.39 bits per heavy atom. The van der Waals surface area contributed by atoms with Gasteiger partial charge >= 0.3 is 6.09 Å². The van der Waals surface area contributed by atoms with E-state index in [1.807, 2.05) is 32.9 Å². The Morgan fingerprint density at radius 3 is 2.61 bits per heavy atom. The molecule has 23 heavy (non-hydrogen) atoms. The minimum Gasteiger partial charge on any atom is -0.444 e. The molecule has 0 N–H and O–H groups in total. The van der Waals surface area contributed by atoms with Crippen molar-refractivity contribution in [2.24, 2.45) is 5.92 Å². The lowest BCUT2D eigenvalue weighted by molar-refractivity contribution is 0.0184. The van der Waals surface area contributed by atoms with Gasteiger partial charge in [-0.25, -0.2) is 4.79 Å². The summed E-state index contributed by atoms with van der Waals surface area (Å²) in [5.74, 6) is 0.472. The molecule has 0 aliphatic carbocycles. The number of piperidine rings is 1. The highest BCUT2D eigenvalue weighted by molar-refractivity contribution is 6.32. The van der Waals surface area contributed by atoms with Gasteiger partial charge in [0.15, 0.2) is 0 Å². The van der Waals surface area contributed by atoms with Crippen molar-refractivity contribution >= 4 is 17.7 Å². The van der Waals surface area contributed by atoms with Gasteiger partial charge in [0.1, 0.15) is 11.7 Å². The van der Waals surface area contributed by atoms with Gasteiger partial charge in [-0.1, -0.05) is 23.7 Å². The van der Waals surface area contributed by atoms with Gasteiger partial charge < -0.3 is 9.64 Å². The van der Waals surface area contributed by atoms with E-state index < -0.39 is 5.60 Å². The highest BCUT2D eigenvalue weighted by Crippen LogP contribution is 2.28. The fourth-order valence-corrected chi connectivity index (χ4v) is 3.03. The normalized spacial score (nSPS) is 16.0. The Hall–Kier alpha value is -1.73. The second kappa shape index (κ2) is 7.23. The number of ether oxygens (including phenoxy) is 1. The number of carbonyl (C=O) groups excluding carboxylic acids is 1. The van der Waals surface area contributed by atoms with Crippen LogP contribution in [0.2, 0.25) is 5.02 Å². The Bertz CT molecular complexity index is 608. The number of carbonyl (C=O) groups is 1. The molecule has 1 fully saturated rings. The molecule has 1 amide bonds. The summed E-state index contributed by atoms with van der Waals surface area (Å²) in [4.78, 5) is 13.8. The maximum Gasteiger partial charge on any atom is 0.410 e. The molecule has 0 bridgehead atoms. The van der Waals surface area contributed by atoms with E-state index in [2.05, 4.69) is 6.07 Å². The highest BCUT2D eigenvalue weighted by atomic mass is 35.5. The van der Waals surface area contributed by atoms with Crippen LogP contribution in [0.25, 0.3) is 0 Å². The molecule has 4 nitrogen and oxygen atoms in total. The number of hydrogen-bond acceptors (Lipinski definition) is 3. The molecule has 2 rings (SSSR count). The monoisotopic (exact) mass is 334 g/mol. The van der Waals surface area contributed by atoms with Crippen LogP contribution in [0.1, 0.15) is 44.7 Å². The van der Waals surface area contributed by atoms with Crippen molar-refractivity contribution < 1.29 is 9.53 Å². The second-order valence-corrected chi connectivity index (χ2v) is 7.38. The average molecular weight is 335 g/mol. The zero-order valence-electron chi connectivity index (χ0n) is 13.9. The largest absolute Gasteiger partial charge is 0.444 e. The third kappa shape index (κ3) is 4.87. The standard InChI is InChI=1S/C18H23ClN2O2/c1-18(2,3)23-17(22)21-9-7-13(8-10-21)11-14-5-4-6-15(12-20)16(14)19/h4-6,13H,7-11H2,1-3H3. The average Bonchev–Trinajstić information content (AvgIpc) is 2.48. The first-order valence-corrected chi connectivity index (χ1v) is 8.33. The molecule has 0 unspecified atom stereocenters.